The lowest BCUT2D eigenvalue weighted by Gasteiger charge is -2.15. The number of imidazole rings is 1. The molecule has 0 saturated heterocycles. The molecule has 0 bridgehead atoms. The Labute approximate surface area is 222 Å². The summed E-state index contributed by atoms with van der Waals surface area (Å²) < 4.78 is 47.3. The fraction of sp³-hybridized carbons (Fsp3) is 0.370. The van der Waals surface area contributed by atoms with Gasteiger partial charge in [-0.05, 0) is 56.4 Å². The molecule has 4 heterocycles. The number of aliphatic hydroxyl groups excluding tert-OH is 1. The molecule has 39 heavy (non-hydrogen) atoms. The highest BCUT2D eigenvalue weighted by atomic mass is 19.4. The summed E-state index contributed by atoms with van der Waals surface area (Å²) in [5, 5.41) is 13.2. The van der Waals surface area contributed by atoms with Crippen molar-refractivity contribution in [3.8, 4) is 28.7 Å². The molecule has 2 N–H and O–H groups in total. The van der Waals surface area contributed by atoms with Gasteiger partial charge in [-0.15, -0.1) is 0 Å². The van der Waals surface area contributed by atoms with Crippen LogP contribution in [0, 0.1) is 0 Å². The van der Waals surface area contributed by atoms with E-state index >= 15 is 0 Å². The summed E-state index contributed by atoms with van der Waals surface area (Å²) in [7, 11) is 1.53. The van der Waals surface area contributed by atoms with Crippen LogP contribution in [-0.2, 0) is 19.2 Å². The molecule has 6 rings (SSSR count). The summed E-state index contributed by atoms with van der Waals surface area (Å²) in [5.41, 5.74) is 3.25. The Morgan fingerprint density at radius 3 is 2.67 bits per heavy atom. The third kappa shape index (κ3) is 4.69. The van der Waals surface area contributed by atoms with Gasteiger partial charge in [0.25, 0.3) is 0 Å². The van der Waals surface area contributed by atoms with Gasteiger partial charge in [0.05, 0.1) is 19.4 Å². The first-order chi connectivity index (χ1) is 18.8. The number of halogens is 3. The molecule has 0 amide bonds. The minimum atomic E-state index is -4.52. The second kappa shape index (κ2) is 9.60. The molecule has 1 unspecified atom stereocenters. The normalized spacial score (nSPS) is 16.8. The number of aromatic nitrogens is 6. The predicted molar refractivity (Wildman–Crippen MR) is 136 cm³/mol. The molecule has 0 spiro atoms. The molecule has 3 aromatic heterocycles. The van der Waals surface area contributed by atoms with Gasteiger partial charge in [0.1, 0.15) is 23.5 Å². The van der Waals surface area contributed by atoms with Crippen LogP contribution in [0.25, 0.3) is 22.8 Å². The van der Waals surface area contributed by atoms with Gasteiger partial charge >= 0.3 is 6.18 Å². The average molecular weight is 538 g/mol. The predicted octanol–water partition coefficient (Wildman–Crippen LogP) is 5.45. The van der Waals surface area contributed by atoms with E-state index in [2.05, 4.69) is 25.3 Å². The van der Waals surface area contributed by atoms with Gasteiger partial charge in [-0.3, -0.25) is 0 Å². The van der Waals surface area contributed by atoms with E-state index in [1.165, 1.54) is 13.4 Å². The molecule has 2 aliphatic rings. The molecular weight excluding hydrogens is 511 g/mol. The summed E-state index contributed by atoms with van der Waals surface area (Å²) >= 11 is 0. The Morgan fingerprint density at radius 1 is 1.13 bits per heavy atom. The van der Waals surface area contributed by atoms with Crippen molar-refractivity contribution >= 4 is 11.5 Å². The number of alkyl halides is 3. The number of methoxy groups -OCH3 is 1. The van der Waals surface area contributed by atoms with E-state index in [1.54, 1.807) is 22.9 Å². The Kier molecular flexibility index (Phi) is 6.21. The lowest BCUT2D eigenvalue weighted by molar-refractivity contribution is -0.140. The van der Waals surface area contributed by atoms with E-state index in [-0.39, 0.29) is 12.6 Å². The minimum absolute atomic E-state index is 0.137. The summed E-state index contributed by atoms with van der Waals surface area (Å²) in [6.45, 7) is 1.60. The molecule has 0 radical (unpaired) electrons. The van der Waals surface area contributed by atoms with Crippen LogP contribution in [0.15, 0.2) is 36.9 Å². The van der Waals surface area contributed by atoms with Crippen molar-refractivity contribution in [2.45, 2.75) is 57.3 Å². The molecule has 1 aromatic carbocycles. The van der Waals surface area contributed by atoms with Crippen molar-refractivity contribution in [3.05, 3.63) is 59.4 Å². The molecule has 1 fully saturated rings. The number of aliphatic hydroxyl groups is 1. The Morgan fingerprint density at radius 2 is 1.95 bits per heavy atom. The quantitative estimate of drug-likeness (QED) is 0.334. The van der Waals surface area contributed by atoms with E-state index < -0.39 is 11.9 Å². The van der Waals surface area contributed by atoms with Gasteiger partial charge in [-0.1, -0.05) is 0 Å². The number of benzene rings is 1. The zero-order valence-corrected chi connectivity index (χ0v) is 21.3. The minimum Gasteiger partial charge on any atom is -0.480 e. The standard InChI is InChI=1S/C27H26F3N7O2/c1-14-3-4-16-9-18(7-8-19(16)25-35-20(11-37(14)25)27(28,29)30)34-23-17(12-38)10-31-24(36-23)21-22(15-5-6-15)32-13-33-26(21)39-2/h7-11,13-15,38H,3-6,12H2,1-2H3,(H,31,34,36). The molecule has 9 nitrogen and oxygen atoms in total. The van der Waals surface area contributed by atoms with Crippen LogP contribution in [-0.4, -0.2) is 41.7 Å². The van der Waals surface area contributed by atoms with Gasteiger partial charge in [0.15, 0.2) is 11.5 Å². The van der Waals surface area contributed by atoms with E-state index in [0.29, 0.717) is 64.5 Å². The fourth-order valence-corrected chi connectivity index (χ4v) is 4.97. The van der Waals surface area contributed by atoms with Crippen LogP contribution in [0.3, 0.4) is 0 Å². The lowest BCUT2D eigenvalue weighted by atomic mass is 10.0. The van der Waals surface area contributed by atoms with E-state index in [1.807, 2.05) is 13.0 Å². The Balaban J connectivity index is 1.37. The molecular formula is C27H26F3N7O2. The summed E-state index contributed by atoms with van der Waals surface area (Å²) in [6, 6.07) is 5.30. The van der Waals surface area contributed by atoms with Gasteiger partial charge in [-0.25, -0.2) is 24.9 Å². The topological polar surface area (TPSA) is 111 Å². The van der Waals surface area contributed by atoms with E-state index in [4.69, 9.17) is 9.72 Å². The molecule has 1 saturated carbocycles. The largest absolute Gasteiger partial charge is 0.480 e. The molecule has 12 heteroatoms. The van der Waals surface area contributed by atoms with Crippen molar-refractivity contribution in [2.75, 3.05) is 12.4 Å². The highest BCUT2D eigenvalue weighted by Gasteiger charge is 2.36. The fourth-order valence-electron chi connectivity index (χ4n) is 4.97. The third-order valence-electron chi connectivity index (χ3n) is 7.20. The molecule has 1 atom stereocenters. The Bertz CT molecular complexity index is 1550. The second-order valence-corrected chi connectivity index (χ2v) is 9.88. The highest BCUT2D eigenvalue weighted by molar-refractivity contribution is 5.72. The second-order valence-electron chi connectivity index (χ2n) is 9.88. The third-order valence-corrected chi connectivity index (χ3v) is 7.20. The lowest BCUT2D eigenvalue weighted by Crippen LogP contribution is -2.07. The number of fused-ring (bicyclic) bond motifs is 3. The number of hydrogen-bond donors (Lipinski definition) is 2. The van der Waals surface area contributed by atoms with Crippen LogP contribution in [0.2, 0.25) is 0 Å². The van der Waals surface area contributed by atoms with Crippen LogP contribution in [0.1, 0.15) is 60.7 Å². The van der Waals surface area contributed by atoms with Crippen molar-refractivity contribution in [3.63, 3.8) is 0 Å². The van der Waals surface area contributed by atoms with Crippen LogP contribution in [0.5, 0.6) is 5.88 Å². The van der Waals surface area contributed by atoms with Crippen molar-refractivity contribution in [2.24, 2.45) is 0 Å². The molecule has 202 valence electrons. The number of nitrogens with one attached hydrogen (secondary N) is 1. The Hall–Kier alpha value is -4.06. The first-order valence-corrected chi connectivity index (χ1v) is 12.7. The summed E-state index contributed by atoms with van der Waals surface area (Å²) in [5.74, 6) is 1.75. The van der Waals surface area contributed by atoms with Gasteiger partial charge in [0.2, 0.25) is 5.88 Å². The molecule has 1 aliphatic carbocycles. The number of nitrogens with zero attached hydrogens (tertiary/aromatic N) is 6. The molecule has 4 aromatic rings. The molecule has 1 aliphatic heterocycles. The smallest absolute Gasteiger partial charge is 0.434 e. The van der Waals surface area contributed by atoms with Gasteiger partial charge in [0, 0.05) is 41.2 Å². The van der Waals surface area contributed by atoms with Gasteiger partial charge < -0.3 is 19.7 Å². The number of anilines is 2. The van der Waals surface area contributed by atoms with E-state index in [0.717, 1.165) is 30.3 Å². The van der Waals surface area contributed by atoms with Crippen molar-refractivity contribution in [1.29, 1.82) is 0 Å². The highest BCUT2D eigenvalue weighted by Crippen LogP contribution is 2.45. The van der Waals surface area contributed by atoms with Crippen LogP contribution in [0.4, 0.5) is 24.7 Å². The van der Waals surface area contributed by atoms with Crippen LogP contribution >= 0.6 is 0 Å². The average Bonchev–Trinajstić information content (AvgIpc) is 3.69. The zero-order valence-electron chi connectivity index (χ0n) is 21.3. The summed E-state index contributed by atoms with van der Waals surface area (Å²) in [6.07, 6.45) is 2.96. The maximum absolute atomic E-state index is 13.4. The number of rotatable bonds is 6. The summed E-state index contributed by atoms with van der Waals surface area (Å²) in [4.78, 5) is 21.8. The zero-order chi connectivity index (χ0) is 27.3. The van der Waals surface area contributed by atoms with Crippen molar-refractivity contribution < 1.29 is 23.0 Å². The maximum atomic E-state index is 13.4. The van der Waals surface area contributed by atoms with Crippen molar-refractivity contribution in [1.82, 2.24) is 29.5 Å². The van der Waals surface area contributed by atoms with E-state index in [9.17, 15) is 18.3 Å². The monoisotopic (exact) mass is 537 g/mol. The first kappa shape index (κ1) is 25.2. The van der Waals surface area contributed by atoms with Crippen LogP contribution < -0.4 is 10.1 Å². The maximum Gasteiger partial charge on any atom is 0.434 e. The van der Waals surface area contributed by atoms with Gasteiger partial charge in [-0.2, -0.15) is 13.2 Å². The first-order valence-electron chi connectivity index (χ1n) is 12.7. The number of ether oxygens (including phenoxy) is 1. The number of aryl methyl sites for hydroxylation is 1. The number of hydrogen-bond acceptors (Lipinski definition) is 8. The SMILES string of the molecule is COc1ncnc(C2CC2)c1-c1ncc(CO)c(Nc2ccc3c(c2)CCC(C)n2cc(C(F)(F)F)nc2-3)n1.